The highest BCUT2D eigenvalue weighted by molar-refractivity contribution is 5.86. The smallest absolute Gasteiger partial charge is 0.309 e. The van der Waals surface area contributed by atoms with E-state index in [4.69, 9.17) is 4.74 Å². The van der Waals surface area contributed by atoms with E-state index < -0.39 is 23.9 Å². The van der Waals surface area contributed by atoms with Crippen LogP contribution in [0.25, 0.3) is 0 Å². The molecule has 0 aliphatic rings. The maximum atomic E-state index is 13.2. The highest BCUT2D eigenvalue weighted by Gasteiger charge is 2.26. The quantitative estimate of drug-likeness (QED) is 0.237. The first kappa shape index (κ1) is 29.5. The summed E-state index contributed by atoms with van der Waals surface area (Å²) in [6.07, 6.45) is 4.53. The van der Waals surface area contributed by atoms with Crippen molar-refractivity contribution in [2.75, 3.05) is 13.2 Å². The molecule has 0 aromatic heterocycles. The molecule has 2 rings (SSSR count). The first-order chi connectivity index (χ1) is 17.9. The summed E-state index contributed by atoms with van der Waals surface area (Å²) in [7, 11) is 0. The molecule has 0 unspecified atom stereocenters. The maximum absolute atomic E-state index is 13.2. The molecule has 198 valence electrons. The normalized spacial score (nSPS) is 13.9. The predicted molar refractivity (Wildman–Crippen MR) is 144 cm³/mol. The Morgan fingerprint density at radius 2 is 1.51 bits per heavy atom. The third-order valence-corrected chi connectivity index (χ3v) is 5.96. The van der Waals surface area contributed by atoms with Gasteiger partial charge in [0.2, 0.25) is 11.8 Å². The number of aliphatic hydroxyl groups excluding tert-OH is 1. The van der Waals surface area contributed by atoms with Gasteiger partial charge in [0, 0.05) is 12.5 Å². The topological polar surface area (TPSA) is 105 Å². The number of hydrogen-bond donors (Lipinski definition) is 3. The number of carbonyl (C=O) groups excluding carboxylic acids is 3. The minimum Gasteiger partial charge on any atom is -0.463 e. The fraction of sp³-hybridized carbons (Fsp3) is 0.367. The summed E-state index contributed by atoms with van der Waals surface area (Å²) >= 11 is 0. The van der Waals surface area contributed by atoms with Crippen LogP contribution in [-0.2, 0) is 25.5 Å². The van der Waals surface area contributed by atoms with Gasteiger partial charge in [-0.15, -0.1) is 13.2 Å². The number of esters is 1. The number of amides is 2. The summed E-state index contributed by atoms with van der Waals surface area (Å²) in [5.41, 5.74) is 1.81. The molecule has 7 heteroatoms. The van der Waals surface area contributed by atoms with Gasteiger partial charge in [-0.2, -0.15) is 0 Å². The van der Waals surface area contributed by atoms with Crippen molar-refractivity contribution < 1.29 is 24.2 Å². The SMILES string of the molecule is C=CC[C@H](CC(=O)N[C@H](C)CO)C(=O)N[C@@H](COC(=O)[C@@H](CC=C)Cc1ccccc1)c1ccccc1. The van der Waals surface area contributed by atoms with Crippen LogP contribution < -0.4 is 10.6 Å². The summed E-state index contributed by atoms with van der Waals surface area (Å²) in [5, 5.41) is 14.8. The van der Waals surface area contributed by atoms with Crippen molar-refractivity contribution in [3.8, 4) is 0 Å². The first-order valence-electron chi connectivity index (χ1n) is 12.6. The number of rotatable bonds is 16. The van der Waals surface area contributed by atoms with Gasteiger partial charge in [0.05, 0.1) is 24.5 Å². The van der Waals surface area contributed by atoms with Gasteiger partial charge in [-0.05, 0) is 37.3 Å². The fourth-order valence-electron chi connectivity index (χ4n) is 3.93. The molecule has 0 spiro atoms. The highest BCUT2D eigenvalue weighted by atomic mass is 16.5. The number of benzene rings is 2. The average Bonchev–Trinajstić information content (AvgIpc) is 2.91. The Hall–Kier alpha value is -3.71. The van der Waals surface area contributed by atoms with Gasteiger partial charge in [0.15, 0.2) is 0 Å². The summed E-state index contributed by atoms with van der Waals surface area (Å²) in [6, 6.07) is 18.0. The lowest BCUT2D eigenvalue weighted by Gasteiger charge is -2.24. The maximum Gasteiger partial charge on any atom is 0.309 e. The molecule has 2 amide bonds. The number of nitrogens with one attached hydrogen (secondary N) is 2. The van der Waals surface area contributed by atoms with Gasteiger partial charge in [-0.3, -0.25) is 14.4 Å². The lowest BCUT2D eigenvalue weighted by atomic mass is 9.96. The lowest BCUT2D eigenvalue weighted by molar-refractivity contribution is -0.150. The van der Waals surface area contributed by atoms with E-state index >= 15 is 0 Å². The second kappa shape index (κ2) is 16.1. The van der Waals surface area contributed by atoms with Gasteiger partial charge < -0.3 is 20.5 Å². The van der Waals surface area contributed by atoms with Crippen molar-refractivity contribution in [2.24, 2.45) is 11.8 Å². The van der Waals surface area contributed by atoms with E-state index in [2.05, 4.69) is 23.8 Å². The number of ether oxygens (including phenoxy) is 1. The van der Waals surface area contributed by atoms with E-state index in [0.29, 0.717) is 19.3 Å². The Morgan fingerprint density at radius 1 is 0.919 bits per heavy atom. The first-order valence-corrected chi connectivity index (χ1v) is 12.6. The number of carbonyl (C=O) groups is 3. The van der Waals surface area contributed by atoms with E-state index in [-0.39, 0.29) is 37.4 Å². The molecular weight excluding hydrogens is 468 g/mol. The Balaban J connectivity index is 2.11. The van der Waals surface area contributed by atoms with Gasteiger partial charge in [0.1, 0.15) is 6.61 Å². The van der Waals surface area contributed by atoms with Crippen LogP contribution in [0.5, 0.6) is 0 Å². The van der Waals surface area contributed by atoms with Crippen LogP contribution in [0.15, 0.2) is 86.0 Å². The van der Waals surface area contributed by atoms with Crippen LogP contribution in [-0.4, -0.2) is 42.1 Å². The van der Waals surface area contributed by atoms with Crippen molar-refractivity contribution >= 4 is 17.8 Å². The summed E-state index contributed by atoms with van der Waals surface area (Å²) in [4.78, 5) is 38.5. The van der Waals surface area contributed by atoms with Crippen molar-refractivity contribution in [3.63, 3.8) is 0 Å². The molecule has 0 bridgehead atoms. The molecule has 4 atom stereocenters. The van der Waals surface area contributed by atoms with Crippen molar-refractivity contribution in [1.82, 2.24) is 10.6 Å². The molecule has 2 aromatic carbocycles. The zero-order valence-electron chi connectivity index (χ0n) is 21.5. The molecule has 0 radical (unpaired) electrons. The van der Waals surface area contributed by atoms with Crippen LogP contribution in [0, 0.1) is 11.8 Å². The zero-order valence-corrected chi connectivity index (χ0v) is 21.5. The Morgan fingerprint density at radius 3 is 2.11 bits per heavy atom. The summed E-state index contributed by atoms with van der Waals surface area (Å²) in [6.45, 7) is 8.91. The molecule has 0 aliphatic heterocycles. The highest BCUT2D eigenvalue weighted by Crippen LogP contribution is 2.20. The van der Waals surface area contributed by atoms with Crippen LogP contribution in [0.1, 0.15) is 43.4 Å². The molecule has 37 heavy (non-hydrogen) atoms. The largest absolute Gasteiger partial charge is 0.463 e. The van der Waals surface area contributed by atoms with E-state index in [1.54, 1.807) is 19.1 Å². The Kier molecular flexibility index (Phi) is 12.9. The van der Waals surface area contributed by atoms with Crippen molar-refractivity contribution in [3.05, 3.63) is 97.1 Å². The molecule has 7 nitrogen and oxygen atoms in total. The molecule has 0 aliphatic carbocycles. The summed E-state index contributed by atoms with van der Waals surface area (Å²) in [5.74, 6) is -2.09. The van der Waals surface area contributed by atoms with Gasteiger partial charge >= 0.3 is 5.97 Å². The monoisotopic (exact) mass is 506 g/mol. The minimum absolute atomic E-state index is 0.0500. The third kappa shape index (κ3) is 10.4. The van der Waals surface area contributed by atoms with Gasteiger partial charge in [-0.1, -0.05) is 72.8 Å². The Bertz CT molecular complexity index is 1010. The van der Waals surface area contributed by atoms with Gasteiger partial charge in [0.25, 0.3) is 0 Å². The number of aliphatic hydroxyl groups is 1. The predicted octanol–water partition coefficient (Wildman–Crippen LogP) is 3.90. The van der Waals surface area contributed by atoms with Crippen molar-refractivity contribution in [1.29, 1.82) is 0 Å². The fourth-order valence-corrected chi connectivity index (χ4v) is 3.93. The molecule has 2 aromatic rings. The Labute approximate surface area is 219 Å². The molecule has 0 heterocycles. The van der Waals surface area contributed by atoms with E-state index in [1.165, 1.54) is 0 Å². The van der Waals surface area contributed by atoms with Crippen LogP contribution in [0.2, 0.25) is 0 Å². The minimum atomic E-state index is -0.656. The van der Waals surface area contributed by atoms with Crippen LogP contribution in [0.4, 0.5) is 0 Å². The summed E-state index contributed by atoms with van der Waals surface area (Å²) < 4.78 is 5.71. The molecular formula is C30H38N2O5. The number of allylic oxidation sites excluding steroid dienone is 2. The van der Waals surface area contributed by atoms with Crippen molar-refractivity contribution in [2.45, 2.75) is 44.7 Å². The molecule has 0 saturated carbocycles. The average molecular weight is 507 g/mol. The van der Waals surface area contributed by atoms with Gasteiger partial charge in [-0.25, -0.2) is 0 Å². The van der Waals surface area contributed by atoms with E-state index in [0.717, 1.165) is 11.1 Å². The van der Waals surface area contributed by atoms with Crippen LogP contribution in [0.3, 0.4) is 0 Å². The molecule has 0 fully saturated rings. The molecule has 0 saturated heterocycles. The second-order valence-corrected chi connectivity index (χ2v) is 9.09. The van der Waals surface area contributed by atoms with Crippen LogP contribution >= 0.6 is 0 Å². The third-order valence-electron chi connectivity index (χ3n) is 5.96. The lowest BCUT2D eigenvalue weighted by Crippen LogP contribution is -2.41. The standard InChI is InChI=1S/C30H38N2O5/c1-4-12-25(19-28(34)31-22(3)20-33)29(35)32-27(24-16-10-7-11-17-24)21-37-30(36)26(13-5-2)18-23-14-8-6-9-15-23/h4-11,14-17,22,25-27,33H,1-2,12-13,18-21H2,3H3,(H,31,34)(H,32,35)/t22-,25-,26+,27+/m1/s1. The number of hydrogen-bond acceptors (Lipinski definition) is 5. The molecule has 3 N–H and O–H groups in total. The second-order valence-electron chi connectivity index (χ2n) is 9.09. The van der Waals surface area contributed by atoms with E-state index in [1.807, 2.05) is 60.7 Å². The zero-order chi connectivity index (χ0) is 27.0. The van der Waals surface area contributed by atoms with E-state index in [9.17, 15) is 19.5 Å².